The first kappa shape index (κ1) is 27.0. The number of hydrogen-bond acceptors (Lipinski definition) is 5. The zero-order valence-corrected chi connectivity index (χ0v) is 22.3. The van der Waals surface area contributed by atoms with Gasteiger partial charge in [-0.1, -0.05) is 42.5 Å². The number of nitrogens with zero attached hydrogens (tertiary/aromatic N) is 1. The number of aryl methyl sites for hydroxylation is 1. The second-order valence-electron chi connectivity index (χ2n) is 10.5. The summed E-state index contributed by atoms with van der Waals surface area (Å²) in [7, 11) is -3.68. The summed E-state index contributed by atoms with van der Waals surface area (Å²) in [6, 6.07) is 17.5. The predicted octanol–water partition coefficient (Wildman–Crippen LogP) is 4.52. The highest BCUT2D eigenvalue weighted by Crippen LogP contribution is 2.30. The molecule has 1 aromatic heterocycles. The quantitative estimate of drug-likeness (QED) is 0.404. The number of nitrogens with one attached hydrogen (secondary N) is 2. The third kappa shape index (κ3) is 6.83. The van der Waals surface area contributed by atoms with E-state index in [2.05, 4.69) is 15.0 Å². The molecular formula is C29H35N3O4S. The largest absolute Gasteiger partial charge is 0.388 e. The maximum atomic E-state index is 13.0. The Kier molecular flexibility index (Phi) is 8.11. The fourth-order valence-electron chi connectivity index (χ4n) is 4.87. The number of hydrogen-bond donors (Lipinski definition) is 3. The van der Waals surface area contributed by atoms with Crippen molar-refractivity contribution in [1.82, 2.24) is 15.0 Å². The van der Waals surface area contributed by atoms with E-state index in [1.165, 1.54) is 0 Å². The number of benzene rings is 2. The van der Waals surface area contributed by atoms with Crippen LogP contribution < -0.4 is 10.0 Å². The lowest BCUT2D eigenvalue weighted by molar-refractivity contribution is -0.128. The van der Waals surface area contributed by atoms with Crippen LogP contribution in [-0.4, -0.2) is 36.1 Å². The van der Waals surface area contributed by atoms with Gasteiger partial charge in [-0.25, -0.2) is 13.1 Å². The maximum Gasteiger partial charge on any atom is 0.240 e. The van der Waals surface area contributed by atoms with Crippen molar-refractivity contribution in [2.45, 2.75) is 69.0 Å². The summed E-state index contributed by atoms with van der Waals surface area (Å²) in [6.45, 7) is 5.33. The molecule has 2 aromatic carbocycles. The van der Waals surface area contributed by atoms with Crippen LogP contribution in [0, 0.1) is 12.8 Å². The van der Waals surface area contributed by atoms with E-state index in [0.717, 1.165) is 22.3 Å². The van der Waals surface area contributed by atoms with Crippen LogP contribution in [0.15, 0.2) is 78.0 Å². The Hall–Kier alpha value is -3.07. The number of pyridine rings is 1. The molecule has 1 amide bonds. The summed E-state index contributed by atoms with van der Waals surface area (Å²) in [5, 5.41) is 13.7. The number of carbonyl (C=O) groups excluding carboxylic acids is 1. The number of aromatic nitrogens is 1. The van der Waals surface area contributed by atoms with Crippen LogP contribution in [0.3, 0.4) is 0 Å². The van der Waals surface area contributed by atoms with Crippen LogP contribution in [0.5, 0.6) is 0 Å². The predicted molar refractivity (Wildman–Crippen MR) is 144 cm³/mol. The fourth-order valence-corrected chi connectivity index (χ4v) is 6.18. The van der Waals surface area contributed by atoms with Crippen molar-refractivity contribution >= 4 is 15.9 Å². The lowest BCUT2D eigenvalue weighted by Crippen LogP contribution is -2.46. The Morgan fingerprint density at radius 3 is 2.22 bits per heavy atom. The van der Waals surface area contributed by atoms with E-state index in [1.807, 2.05) is 43.3 Å². The third-order valence-electron chi connectivity index (χ3n) is 6.92. The zero-order chi connectivity index (χ0) is 26.6. The normalized spacial score (nSPS) is 19.2. The van der Waals surface area contributed by atoms with Crippen LogP contribution in [-0.2, 0) is 14.8 Å². The van der Waals surface area contributed by atoms with E-state index in [0.29, 0.717) is 25.7 Å². The van der Waals surface area contributed by atoms with Crippen LogP contribution in [0.25, 0.3) is 11.1 Å². The van der Waals surface area contributed by atoms with Gasteiger partial charge in [-0.2, -0.15) is 0 Å². The highest BCUT2D eigenvalue weighted by Gasteiger charge is 2.34. The van der Waals surface area contributed by atoms with Gasteiger partial charge in [0.15, 0.2) is 0 Å². The molecular weight excluding hydrogens is 486 g/mol. The minimum Gasteiger partial charge on any atom is -0.388 e. The number of sulfonamides is 1. The number of rotatable bonds is 8. The van der Waals surface area contributed by atoms with Gasteiger partial charge in [0.05, 0.1) is 16.5 Å². The molecule has 1 fully saturated rings. The van der Waals surface area contributed by atoms with E-state index in [1.54, 1.807) is 50.5 Å². The van der Waals surface area contributed by atoms with Crippen LogP contribution in [0.1, 0.15) is 56.7 Å². The van der Waals surface area contributed by atoms with Crippen molar-refractivity contribution in [1.29, 1.82) is 0 Å². The van der Waals surface area contributed by atoms with Gasteiger partial charge in [0, 0.05) is 29.9 Å². The van der Waals surface area contributed by atoms with Gasteiger partial charge < -0.3 is 10.4 Å². The molecule has 37 heavy (non-hydrogen) atoms. The first-order valence-electron chi connectivity index (χ1n) is 12.6. The van der Waals surface area contributed by atoms with Crippen molar-refractivity contribution in [3.05, 3.63) is 84.2 Å². The molecule has 1 heterocycles. The molecule has 196 valence electrons. The van der Waals surface area contributed by atoms with Gasteiger partial charge in [0.2, 0.25) is 15.9 Å². The van der Waals surface area contributed by atoms with Crippen LogP contribution in [0.4, 0.5) is 0 Å². The second-order valence-corrected chi connectivity index (χ2v) is 12.2. The monoisotopic (exact) mass is 521 g/mol. The SMILES string of the molecule is Cc1cncc(-c2ccc(S(=O)(=O)NC3CCC(C(=O)N[C@@H](c4ccccc4)C(C)(C)O)CC3)cc2)c1. The van der Waals surface area contributed by atoms with E-state index < -0.39 is 21.7 Å². The molecule has 7 nitrogen and oxygen atoms in total. The van der Waals surface area contributed by atoms with Crippen molar-refractivity contribution in [2.75, 3.05) is 0 Å². The van der Waals surface area contributed by atoms with E-state index in [4.69, 9.17) is 0 Å². The number of carbonyl (C=O) groups is 1. The number of amides is 1. The molecule has 1 aliphatic carbocycles. The standard InChI is InChI=1S/C29H35N3O4S/c1-20-17-24(19-30-18-20)21-11-15-26(16-12-21)37(35,36)32-25-13-9-23(10-14-25)28(33)31-27(29(2,3)34)22-7-5-4-6-8-22/h4-8,11-12,15-19,23,25,27,32,34H,9-10,13-14H2,1-3H3,(H,31,33)/t23?,25?,27-/m0/s1. The molecule has 0 aliphatic heterocycles. The Balaban J connectivity index is 1.34. The Bertz CT molecular complexity index is 1310. The van der Waals surface area contributed by atoms with E-state index >= 15 is 0 Å². The minimum atomic E-state index is -3.68. The van der Waals surface area contributed by atoms with Crippen LogP contribution in [0.2, 0.25) is 0 Å². The van der Waals surface area contributed by atoms with Crippen molar-refractivity contribution in [3.8, 4) is 11.1 Å². The van der Waals surface area contributed by atoms with E-state index in [-0.39, 0.29) is 22.8 Å². The molecule has 0 spiro atoms. The molecule has 3 aromatic rings. The molecule has 4 rings (SSSR count). The van der Waals surface area contributed by atoms with Gasteiger partial charge in [0.25, 0.3) is 0 Å². The van der Waals surface area contributed by atoms with Crippen molar-refractivity contribution < 1.29 is 18.3 Å². The first-order valence-corrected chi connectivity index (χ1v) is 14.1. The topological polar surface area (TPSA) is 108 Å². The molecule has 1 atom stereocenters. The maximum absolute atomic E-state index is 13.0. The highest BCUT2D eigenvalue weighted by molar-refractivity contribution is 7.89. The smallest absolute Gasteiger partial charge is 0.240 e. The summed E-state index contributed by atoms with van der Waals surface area (Å²) < 4.78 is 28.8. The first-order chi connectivity index (χ1) is 17.5. The van der Waals surface area contributed by atoms with Gasteiger partial charge >= 0.3 is 0 Å². The molecule has 0 bridgehead atoms. The molecule has 0 radical (unpaired) electrons. The summed E-state index contributed by atoms with van der Waals surface area (Å²) >= 11 is 0. The highest BCUT2D eigenvalue weighted by atomic mass is 32.2. The lowest BCUT2D eigenvalue weighted by Gasteiger charge is -2.34. The molecule has 3 N–H and O–H groups in total. The van der Waals surface area contributed by atoms with Gasteiger partial charge in [-0.05, 0) is 81.3 Å². The zero-order valence-electron chi connectivity index (χ0n) is 21.5. The molecule has 1 aliphatic rings. The average molecular weight is 522 g/mol. The summed E-state index contributed by atoms with van der Waals surface area (Å²) in [5.74, 6) is -0.338. The summed E-state index contributed by atoms with van der Waals surface area (Å²) in [6.07, 6.45) is 5.83. The van der Waals surface area contributed by atoms with E-state index in [9.17, 15) is 18.3 Å². The summed E-state index contributed by atoms with van der Waals surface area (Å²) in [5.41, 5.74) is 2.59. The van der Waals surface area contributed by atoms with Gasteiger partial charge in [-0.15, -0.1) is 0 Å². The minimum absolute atomic E-state index is 0.112. The molecule has 8 heteroatoms. The Morgan fingerprint density at radius 1 is 0.973 bits per heavy atom. The lowest BCUT2D eigenvalue weighted by atomic mass is 9.84. The summed E-state index contributed by atoms with van der Waals surface area (Å²) in [4.78, 5) is 17.5. The van der Waals surface area contributed by atoms with Gasteiger partial charge in [0.1, 0.15) is 0 Å². The average Bonchev–Trinajstić information content (AvgIpc) is 2.87. The Labute approximate surface area is 219 Å². The number of aliphatic hydroxyl groups is 1. The molecule has 1 saturated carbocycles. The van der Waals surface area contributed by atoms with Crippen molar-refractivity contribution in [2.24, 2.45) is 5.92 Å². The molecule has 0 saturated heterocycles. The Morgan fingerprint density at radius 2 is 1.62 bits per heavy atom. The van der Waals surface area contributed by atoms with Crippen molar-refractivity contribution in [3.63, 3.8) is 0 Å². The fraction of sp³-hybridized carbons (Fsp3) is 0.379. The molecule has 0 unspecified atom stereocenters. The third-order valence-corrected chi connectivity index (χ3v) is 8.46. The second kappa shape index (κ2) is 11.1. The van der Waals surface area contributed by atoms with Crippen LogP contribution >= 0.6 is 0 Å². The van der Waals surface area contributed by atoms with Gasteiger partial charge in [-0.3, -0.25) is 9.78 Å².